The Morgan fingerprint density at radius 2 is 1.88 bits per heavy atom. The monoisotopic (exact) mass is 326 g/mol. The summed E-state index contributed by atoms with van der Waals surface area (Å²) in [5.41, 5.74) is 2.36. The lowest BCUT2D eigenvalue weighted by atomic mass is 10.1. The molecule has 0 fully saturated rings. The van der Waals surface area contributed by atoms with Gasteiger partial charge < -0.3 is 15.4 Å². The van der Waals surface area contributed by atoms with Gasteiger partial charge in [-0.1, -0.05) is 24.3 Å². The van der Waals surface area contributed by atoms with Crippen molar-refractivity contribution >= 4 is 17.4 Å². The van der Waals surface area contributed by atoms with Crippen molar-refractivity contribution < 1.29 is 14.3 Å². The summed E-state index contributed by atoms with van der Waals surface area (Å²) in [4.78, 5) is 23.3. The molecule has 0 unspecified atom stereocenters. The quantitative estimate of drug-likeness (QED) is 0.578. The maximum atomic E-state index is 11.9. The van der Waals surface area contributed by atoms with Crippen molar-refractivity contribution in [2.24, 2.45) is 0 Å². The second kappa shape index (κ2) is 8.84. The first-order valence-electron chi connectivity index (χ1n) is 7.83. The van der Waals surface area contributed by atoms with E-state index in [2.05, 4.69) is 10.6 Å². The number of benzene rings is 2. The van der Waals surface area contributed by atoms with E-state index in [4.69, 9.17) is 4.74 Å². The van der Waals surface area contributed by atoms with Crippen LogP contribution in [0.5, 0.6) is 5.75 Å². The van der Waals surface area contributed by atoms with Crippen LogP contribution in [0.1, 0.15) is 22.8 Å². The van der Waals surface area contributed by atoms with Crippen molar-refractivity contribution in [1.29, 1.82) is 0 Å². The lowest BCUT2D eigenvalue weighted by Gasteiger charge is -2.08. The van der Waals surface area contributed by atoms with E-state index in [1.165, 1.54) is 6.92 Å². The van der Waals surface area contributed by atoms with Crippen LogP contribution in [0, 0.1) is 0 Å². The van der Waals surface area contributed by atoms with Gasteiger partial charge >= 0.3 is 0 Å². The first-order valence-corrected chi connectivity index (χ1v) is 7.83. The van der Waals surface area contributed by atoms with Crippen molar-refractivity contribution in [2.45, 2.75) is 13.3 Å². The zero-order valence-electron chi connectivity index (χ0n) is 14.0. The summed E-state index contributed by atoms with van der Waals surface area (Å²) >= 11 is 0. The molecule has 0 aliphatic carbocycles. The van der Waals surface area contributed by atoms with E-state index in [1.54, 1.807) is 31.4 Å². The number of Topliss-reactive ketones (excluding diaryl/α,β-unsaturated/α-hetero) is 1. The average Bonchev–Trinajstić information content (AvgIpc) is 2.59. The third-order valence-electron chi connectivity index (χ3n) is 3.56. The summed E-state index contributed by atoms with van der Waals surface area (Å²) in [7, 11) is 1.64. The highest BCUT2D eigenvalue weighted by molar-refractivity contribution is 5.97. The first-order chi connectivity index (χ1) is 11.6. The maximum Gasteiger partial charge on any atom is 0.238 e. The highest BCUT2D eigenvalue weighted by Gasteiger charge is 2.04. The predicted molar refractivity (Wildman–Crippen MR) is 94.6 cm³/mol. The summed E-state index contributed by atoms with van der Waals surface area (Å²) < 4.78 is 5.18. The number of hydrogen-bond acceptors (Lipinski definition) is 4. The van der Waals surface area contributed by atoms with Crippen molar-refractivity contribution in [3.05, 3.63) is 59.7 Å². The van der Waals surface area contributed by atoms with E-state index in [1.807, 2.05) is 24.3 Å². The van der Waals surface area contributed by atoms with Crippen molar-refractivity contribution in [1.82, 2.24) is 5.32 Å². The number of hydrogen-bond donors (Lipinski definition) is 2. The standard InChI is InChI=1S/C19H22N2O3/c1-14(22)16-6-4-7-17(12-16)21-19(23)13-20-10-9-15-5-3-8-18(11-15)24-2/h3-8,11-12,20H,9-10,13H2,1-2H3,(H,21,23). The van der Waals surface area contributed by atoms with Gasteiger partial charge in [0.25, 0.3) is 0 Å². The number of ketones is 1. The highest BCUT2D eigenvalue weighted by atomic mass is 16.5. The number of ether oxygens (including phenoxy) is 1. The van der Waals surface area contributed by atoms with Gasteiger partial charge in [-0.2, -0.15) is 0 Å². The third kappa shape index (κ3) is 5.52. The summed E-state index contributed by atoms with van der Waals surface area (Å²) in [6.07, 6.45) is 0.810. The number of anilines is 1. The second-order valence-electron chi connectivity index (χ2n) is 5.46. The molecule has 126 valence electrons. The summed E-state index contributed by atoms with van der Waals surface area (Å²) in [6, 6.07) is 14.8. The topological polar surface area (TPSA) is 67.4 Å². The van der Waals surface area contributed by atoms with Gasteiger partial charge in [0.1, 0.15) is 5.75 Å². The van der Waals surface area contributed by atoms with E-state index in [-0.39, 0.29) is 18.2 Å². The van der Waals surface area contributed by atoms with E-state index in [0.29, 0.717) is 17.8 Å². The minimum atomic E-state index is -0.138. The molecule has 0 heterocycles. The Labute approximate surface area is 142 Å². The number of methoxy groups -OCH3 is 1. The average molecular weight is 326 g/mol. The fourth-order valence-corrected chi connectivity index (χ4v) is 2.28. The van der Waals surface area contributed by atoms with Gasteiger partial charge in [0, 0.05) is 11.3 Å². The molecule has 2 N–H and O–H groups in total. The van der Waals surface area contributed by atoms with Crippen LogP contribution in [-0.2, 0) is 11.2 Å². The Morgan fingerprint density at radius 3 is 2.62 bits per heavy atom. The lowest BCUT2D eigenvalue weighted by molar-refractivity contribution is -0.115. The van der Waals surface area contributed by atoms with Crippen LogP contribution in [0.15, 0.2) is 48.5 Å². The van der Waals surface area contributed by atoms with Gasteiger partial charge in [0.05, 0.1) is 13.7 Å². The molecule has 2 rings (SSSR count). The van der Waals surface area contributed by atoms with Gasteiger partial charge in [-0.3, -0.25) is 9.59 Å². The highest BCUT2D eigenvalue weighted by Crippen LogP contribution is 2.13. The molecule has 5 heteroatoms. The van der Waals surface area contributed by atoms with Gasteiger partial charge in [-0.05, 0) is 49.7 Å². The second-order valence-corrected chi connectivity index (χ2v) is 5.46. The van der Waals surface area contributed by atoms with Crippen molar-refractivity contribution in [3.63, 3.8) is 0 Å². The molecule has 2 aromatic carbocycles. The Balaban J connectivity index is 1.75. The van der Waals surface area contributed by atoms with Crippen LogP contribution in [0.2, 0.25) is 0 Å². The Hall–Kier alpha value is -2.66. The van der Waals surface area contributed by atoms with Crippen LogP contribution in [0.25, 0.3) is 0 Å². The molecular formula is C19H22N2O3. The number of rotatable bonds is 8. The van der Waals surface area contributed by atoms with Crippen LogP contribution in [0.4, 0.5) is 5.69 Å². The summed E-state index contributed by atoms with van der Waals surface area (Å²) in [5.74, 6) is 0.666. The molecule has 0 radical (unpaired) electrons. The fourth-order valence-electron chi connectivity index (χ4n) is 2.28. The van der Waals surface area contributed by atoms with Gasteiger partial charge in [0.15, 0.2) is 5.78 Å². The molecule has 0 aliphatic heterocycles. The minimum absolute atomic E-state index is 0.0255. The fraction of sp³-hybridized carbons (Fsp3) is 0.263. The molecule has 24 heavy (non-hydrogen) atoms. The largest absolute Gasteiger partial charge is 0.497 e. The van der Waals surface area contributed by atoms with Crippen molar-refractivity contribution in [3.8, 4) is 5.75 Å². The van der Waals surface area contributed by atoms with E-state index >= 15 is 0 Å². The van der Waals surface area contributed by atoms with Gasteiger partial charge in [0.2, 0.25) is 5.91 Å². The lowest BCUT2D eigenvalue weighted by Crippen LogP contribution is -2.29. The normalized spacial score (nSPS) is 10.2. The summed E-state index contributed by atoms with van der Waals surface area (Å²) in [5, 5.41) is 5.89. The number of nitrogens with one attached hydrogen (secondary N) is 2. The zero-order chi connectivity index (χ0) is 17.4. The molecule has 0 aliphatic rings. The van der Waals surface area contributed by atoms with E-state index < -0.39 is 0 Å². The number of carbonyl (C=O) groups excluding carboxylic acids is 2. The van der Waals surface area contributed by atoms with Crippen LogP contribution >= 0.6 is 0 Å². The molecule has 0 bridgehead atoms. The van der Waals surface area contributed by atoms with Gasteiger partial charge in [-0.25, -0.2) is 0 Å². The summed E-state index contributed by atoms with van der Waals surface area (Å²) in [6.45, 7) is 2.41. The molecule has 1 amide bonds. The Morgan fingerprint density at radius 1 is 1.08 bits per heavy atom. The first kappa shape index (κ1) is 17.7. The Kier molecular flexibility index (Phi) is 6.51. The van der Waals surface area contributed by atoms with Crippen molar-refractivity contribution in [2.75, 3.05) is 25.5 Å². The minimum Gasteiger partial charge on any atom is -0.497 e. The smallest absolute Gasteiger partial charge is 0.238 e. The zero-order valence-corrected chi connectivity index (χ0v) is 14.0. The molecule has 5 nitrogen and oxygen atoms in total. The number of carbonyl (C=O) groups is 2. The Bertz CT molecular complexity index is 713. The molecule has 0 saturated carbocycles. The molecule has 0 saturated heterocycles. The SMILES string of the molecule is COc1cccc(CCNCC(=O)Nc2cccc(C(C)=O)c2)c1. The molecular weight excluding hydrogens is 304 g/mol. The predicted octanol–water partition coefficient (Wildman–Crippen LogP) is 2.67. The van der Waals surface area contributed by atoms with Gasteiger partial charge in [-0.15, -0.1) is 0 Å². The molecule has 2 aromatic rings. The number of amides is 1. The van der Waals surface area contributed by atoms with E-state index in [0.717, 1.165) is 17.7 Å². The molecule has 0 spiro atoms. The maximum absolute atomic E-state index is 11.9. The van der Waals surface area contributed by atoms with Crippen LogP contribution in [-0.4, -0.2) is 31.9 Å². The van der Waals surface area contributed by atoms with Crippen LogP contribution in [0.3, 0.4) is 0 Å². The van der Waals surface area contributed by atoms with E-state index in [9.17, 15) is 9.59 Å². The molecule has 0 atom stereocenters. The third-order valence-corrected chi connectivity index (χ3v) is 3.56. The molecule has 0 aromatic heterocycles. The van der Waals surface area contributed by atoms with Crippen LogP contribution < -0.4 is 15.4 Å².